The van der Waals surface area contributed by atoms with Crippen molar-refractivity contribution in [3.8, 4) is 0 Å². The van der Waals surface area contributed by atoms with Crippen LogP contribution in [0.1, 0.15) is 19.8 Å². The Labute approximate surface area is 117 Å². The second-order valence-corrected chi connectivity index (χ2v) is 6.95. The lowest BCUT2D eigenvalue weighted by Gasteiger charge is -2.09. The van der Waals surface area contributed by atoms with Crippen molar-refractivity contribution in [2.24, 2.45) is 0 Å². The first-order chi connectivity index (χ1) is 8.85. The Kier molecular flexibility index (Phi) is 5.81. The average Bonchev–Trinajstić information content (AvgIpc) is 2.32. The number of rotatable bonds is 7. The van der Waals surface area contributed by atoms with E-state index in [1.807, 2.05) is 6.92 Å². The molecule has 0 saturated carbocycles. The summed E-state index contributed by atoms with van der Waals surface area (Å²) >= 11 is 5.94. The summed E-state index contributed by atoms with van der Waals surface area (Å²) in [6, 6.07) is 0. The van der Waals surface area contributed by atoms with Crippen molar-refractivity contribution in [3.05, 3.63) is 21.6 Å². The van der Waals surface area contributed by atoms with Crippen molar-refractivity contribution in [1.82, 2.24) is 9.78 Å². The van der Waals surface area contributed by atoms with Gasteiger partial charge in [0.05, 0.1) is 17.6 Å². The van der Waals surface area contributed by atoms with Gasteiger partial charge in [0.2, 0.25) is 0 Å². The molecule has 1 aromatic heterocycles. The minimum atomic E-state index is -3.05. The minimum Gasteiger partial charge on any atom is -0.381 e. The number of nitrogens with zero attached hydrogens (tertiary/aromatic N) is 2. The molecule has 0 aliphatic heterocycles. The van der Waals surface area contributed by atoms with Crippen LogP contribution >= 0.6 is 11.6 Å². The van der Waals surface area contributed by atoms with Crippen molar-refractivity contribution in [1.29, 1.82) is 0 Å². The minimum absolute atomic E-state index is 0.0255. The monoisotopic (exact) mass is 307 g/mol. The molecule has 0 atom stereocenters. The van der Waals surface area contributed by atoms with Crippen LogP contribution in [0.5, 0.6) is 0 Å². The van der Waals surface area contributed by atoms with Gasteiger partial charge in [-0.05, 0) is 6.42 Å². The molecular formula is C11H18ClN3O3S. The fraction of sp³-hybridized carbons (Fsp3) is 0.636. The van der Waals surface area contributed by atoms with Gasteiger partial charge in [-0.1, -0.05) is 24.9 Å². The second kappa shape index (κ2) is 6.91. The van der Waals surface area contributed by atoms with E-state index in [1.54, 1.807) is 0 Å². The molecule has 0 aromatic carbocycles. The molecule has 0 bridgehead atoms. The van der Waals surface area contributed by atoms with Crippen LogP contribution in [0.15, 0.2) is 11.0 Å². The fourth-order valence-electron chi connectivity index (χ4n) is 1.43. The summed E-state index contributed by atoms with van der Waals surface area (Å²) in [5.74, 6) is -0.0255. The topological polar surface area (TPSA) is 81.1 Å². The summed E-state index contributed by atoms with van der Waals surface area (Å²) in [7, 11) is -3.05. The zero-order valence-corrected chi connectivity index (χ0v) is 12.6. The molecule has 1 aromatic rings. The normalized spacial score (nSPS) is 11.5. The standard InChI is InChI=1S/C11H18ClN3O3S/c1-3-4-6-15-11(16)10(12)9(8-14-15)13-5-7-19(2,17)18/h8,13H,3-7H2,1-2H3. The lowest BCUT2D eigenvalue weighted by molar-refractivity contribution is 0.543. The van der Waals surface area contributed by atoms with Gasteiger partial charge < -0.3 is 5.32 Å². The predicted octanol–water partition coefficient (Wildman–Crippen LogP) is 1.15. The lowest BCUT2D eigenvalue weighted by Crippen LogP contribution is -2.25. The molecule has 1 N–H and O–H groups in total. The van der Waals surface area contributed by atoms with Crippen LogP contribution in [0.2, 0.25) is 5.02 Å². The molecule has 0 spiro atoms. The second-order valence-electron chi connectivity index (χ2n) is 4.31. The molecule has 19 heavy (non-hydrogen) atoms. The highest BCUT2D eigenvalue weighted by Gasteiger charge is 2.09. The quantitative estimate of drug-likeness (QED) is 0.817. The fourth-order valence-corrected chi connectivity index (χ4v) is 2.11. The first-order valence-corrected chi connectivity index (χ1v) is 8.46. The van der Waals surface area contributed by atoms with E-state index in [-0.39, 0.29) is 22.9 Å². The zero-order valence-electron chi connectivity index (χ0n) is 11.0. The molecule has 1 rings (SSSR count). The van der Waals surface area contributed by atoms with Crippen molar-refractivity contribution >= 4 is 27.1 Å². The van der Waals surface area contributed by atoms with E-state index in [9.17, 15) is 13.2 Å². The number of hydrogen-bond donors (Lipinski definition) is 1. The van der Waals surface area contributed by atoms with Crippen LogP contribution in [-0.4, -0.2) is 36.8 Å². The summed E-state index contributed by atoms with van der Waals surface area (Å²) in [5.41, 5.74) is 0.00235. The van der Waals surface area contributed by atoms with Gasteiger partial charge in [0.15, 0.2) is 0 Å². The van der Waals surface area contributed by atoms with E-state index >= 15 is 0 Å². The summed E-state index contributed by atoms with van der Waals surface area (Å²) in [6.07, 6.45) is 4.41. The number of aromatic nitrogens is 2. The number of sulfone groups is 1. The molecule has 0 radical (unpaired) electrons. The number of halogens is 1. The molecule has 0 saturated heterocycles. The number of unbranched alkanes of at least 4 members (excludes halogenated alkanes) is 1. The van der Waals surface area contributed by atoms with Crippen molar-refractivity contribution < 1.29 is 8.42 Å². The van der Waals surface area contributed by atoms with Crippen molar-refractivity contribution in [2.75, 3.05) is 23.9 Å². The summed E-state index contributed by atoms with van der Waals surface area (Å²) in [5, 5.41) is 6.85. The van der Waals surface area contributed by atoms with Crippen molar-refractivity contribution in [2.45, 2.75) is 26.3 Å². The van der Waals surface area contributed by atoms with Crippen LogP contribution in [0.3, 0.4) is 0 Å². The highest BCUT2D eigenvalue weighted by atomic mass is 35.5. The SMILES string of the molecule is CCCCn1ncc(NCCS(C)(=O)=O)c(Cl)c1=O. The zero-order chi connectivity index (χ0) is 14.5. The summed E-state index contributed by atoms with van der Waals surface area (Å²) < 4.78 is 23.3. The Morgan fingerprint density at radius 1 is 1.47 bits per heavy atom. The lowest BCUT2D eigenvalue weighted by atomic mass is 10.3. The Hall–Kier alpha value is -1.08. The van der Waals surface area contributed by atoms with E-state index in [0.29, 0.717) is 12.2 Å². The van der Waals surface area contributed by atoms with E-state index in [1.165, 1.54) is 10.9 Å². The van der Waals surface area contributed by atoms with Crippen molar-refractivity contribution in [3.63, 3.8) is 0 Å². The maximum atomic E-state index is 11.9. The maximum Gasteiger partial charge on any atom is 0.287 e. The molecule has 6 nitrogen and oxygen atoms in total. The first kappa shape index (κ1) is 16.0. The molecule has 0 aliphatic carbocycles. The third kappa shape index (κ3) is 5.20. The number of nitrogens with one attached hydrogen (secondary N) is 1. The highest BCUT2D eigenvalue weighted by Crippen LogP contribution is 2.14. The Bertz CT molecular complexity index is 583. The van der Waals surface area contributed by atoms with Gasteiger partial charge in [0.1, 0.15) is 14.9 Å². The van der Waals surface area contributed by atoms with E-state index in [2.05, 4.69) is 10.4 Å². The van der Waals surface area contributed by atoms with Gasteiger partial charge in [0, 0.05) is 19.3 Å². The first-order valence-electron chi connectivity index (χ1n) is 6.02. The predicted molar refractivity (Wildman–Crippen MR) is 76.6 cm³/mol. The maximum absolute atomic E-state index is 11.9. The Morgan fingerprint density at radius 3 is 2.74 bits per heavy atom. The van der Waals surface area contributed by atoms with Crippen LogP contribution in [0, 0.1) is 0 Å². The molecular weight excluding hydrogens is 290 g/mol. The van der Waals surface area contributed by atoms with E-state index in [0.717, 1.165) is 19.1 Å². The van der Waals surface area contributed by atoms with Crippen LogP contribution in [-0.2, 0) is 16.4 Å². The number of anilines is 1. The Morgan fingerprint density at radius 2 is 2.16 bits per heavy atom. The highest BCUT2D eigenvalue weighted by molar-refractivity contribution is 7.90. The molecule has 0 fully saturated rings. The molecule has 0 unspecified atom stereocenters. The molecule has 0 aliphatic rings. The molecule has 1 heterocycles. The largest absolute Gasteiger partial charge is 0.381 e. The summed E-state index contributed by atoms with van der Waals surface area (Å²) in [6.45, 7) is 2.74. The number of hydrogen-bond acceptors (Lipinski definition) is 5. The smallest absolute Gasteiger partial charge is 0.287 e. The van der Waals surface area contributed by atoms with Crippen LogP contribution < -0.4 is 10.9 Å². The van der Waals surface area contributed by atoms with Gasteiger partial charge in [-0.3, -0.25) is 4.79 Å². The summed E-state index contributed by atoms with van der Waals surface area (Å²) in [4.78, 5) is 11.9. The van der Waals surface area contributed by atoms with Gasteiger partial charge in [0.25, 0.3) is 5.56 Å². The van der Waals surface area contributed by atoms with Gasteiger partial charge in [-0.25, -0.2) is 13.1 Å². The molecule has 108 valence electrons. The van der Waals surface area contributed by atoms with Gasteiger partial charge in [-0.2, -0.15) is 5.10 Å². The average molecular weight is 308 g/mol. The Balaban J connectivity index is 2.76. The van der Waals surface area contributed by atoms with E-state index in [4.69, 9.17) is 11.6 Å². The number of aryl methyl sites for hydroxylation is 1. The van der Waals surface area contributed by atoms with Gasteiger partial charge >= 0.3 is 0 Å². The molecule has 8 heteroatoms. The molecule has 0 amide bonds. The third-order valence-corrected chi connectivity index (χ3v) is 3.81. The van der Waals surface area contributed by atoms with Crippen LogP contribution in [0.4, 0.5) is 5.69 Å². The van der Waals surface area contributed by atoms with E-state index < -0.39 is 9.84 Å². The van der Waals surface area contributed by atoms with Crippen LogP contribution in [0.25, 0.3) is 0 Å². The van der Waals surface area contributed by atoms with Gasteiger partial charge in [-0.15, -0.1) is 0 Å². The third-order valence-electron chi connectivity index (χ3n) is 2.50.